The predicted octanol–water partition coefficient (Wildman–Crippen LogP) is 0.391. The smallest absolute Gasteiger partial charge is 0.161 e. The molecule has 0 amide bonds. The van der Waals surface area contributed by atoms with E-state index in [9.17, 15) is 5.11 Å². The van der Waals surface area contributed by atoms with E-state index in [4.69, 9.17) is 19.3 Å². The second-order valence-corrected chi connectivity index (χ2v) is 4.21. The van der Waals surface area contributed by atoms with Gasteiger partial charge in [-0.3, -0.25) is 0 Å². The summed E-state index contributed by atoms with van der Waals surface area (Å²) in [5.41, 5.74) is -1.19. The molecule has 0 bridgehead atoms. The predicted molar refractivity (Wildman–Crippen MR) is 60.1 cm³/mol. The van der Waals surface area contributed by atoms with Crippen LogP contribution >= 0.6 is 0 Å². The average molecular weight is 236 g/mol. The number of aliphatic hydroxyl groups is 2. The van der Waals surface area contributed by atoms with Gasteiger partial charge in [0.05, 0.1) is 19.8 Å². The van der Waals surface area contributed by atoms with Gasteiger partial charge in [-0.05, 0) is 13.8 Å². The van der Waals surface area contributed by atoms with E-state index in [-0.39, 0.29) is 25.4 Å². The quantitative estimate of drug-likeness (QED) is 0.567. The van der Waals surface area contributed by atoms with Crippen LogP contribution in [0.2, 0.25) is 0 Å². The van der Waals surface area contributed by atoms with Gasteiger partial charge in [-0.2, -0.15) is 0 Å². The molecule has 16 heavy (non-hydrogen) atoms. The summed E-state index contributed by atoms with van der Waals surface area (Å²) in [5.74, 6) is 0.0689. The van der Waals surface area contributed by atoms with Gasteiger partial charge in [0.25, 0.3) is 0 Å². The molecule has 0 aromatic rings. The van der Waals surface area contributed by atoms with Crippen molar-refractivity contribution in [1.29, 1.82) is 0 Å². The summed E-state index contributed by atoms with van der Waals surface area (Å²) in [5, 5.41) is 18.3. The molecule has 3 atom stereocenters. The Bertz CT molecular complexity index is 172. The van der Waals surface area contributed by atoms with E-state index >= 15 is 0 Å². The van der Waals surface area contributed by atoms with Crippen LogP contribution in [0.15, 0.2) is 0 Å². The highest BCUT2D eigenvalue weighted by atomic mass is 16.7. The molecule has 0 saturated heterocycles. The average Bonchev–Trinajstić information content (AvgIpc) is 2.25. The third-order valence-electron chi connectivity index (χ3n) is 2.16. The fourth-order valence-electron chi connectivity index (χ4n) is 1.22. The van der Waals surface area contributed by atoms with E-state index < -0.39 is 5.60 Å². The van der Waals surface area contributed by atoms with Crippen LogP contribution in [0, 0.1) is 5.92 Å². The van der Waals surface area contributed by atoms with Crippen molar-refractivity contribution < 1.29 is 24.4 Å². The van der Waals surface area contributed by atoms with Crippen molar-refractivity contribution in [2.24, 2.45) is 5.92 Å². The van der Waals surface area contributed by atoms with Gasteiger partial charge in [0, 0.05) is 19.6 Å². The first-order valence-corrected chi connectivity index (χ1v) is 5.52. The molecule has 98 valence electrons. The summed E-state index contributed by atoms with van der Waals surface area (Å²) in [6.45, 7) is 6.13. The van der Waals surface area contributed by atoms with Gasteiger partial charge in [-0.25, -0.2) is 0 Å². The van der Waals surface area contributed by atoms with Crippen LogP contribution in [0.3, 0.4) is 0 Å². The first kappa shape index (κ1) is 15.8. The molecule has 0 aliphatic carbocycles. The van der Waals surface area contributed by atoms with E-state index in [1.165, 1.54) is 6.92 Å². The Kier molecular flexibility index (Phi) is 7.87. The first-order valence-electron chi connectivity index (χ1n) is 5.52. The standard InChI is InChI=1S/C11H24O5/c1-5-16-10(14-4)9(2)6-15-8-11(3,13)7-12/h9-10,12-13H,5-8H2,1-4H3. The molecule has 0 aliphatic heterocycles. The zero-order chi connectivity index (χ0) is 12.6. The molecule has 0 spiro atoms. The normalized spacial score (nSPS) is 19.1. The lowest BCUT2D eigenvalue weighted by Crippen LogP contribution is -2.36. The minimum atomic E-state index is -1.19. The summed E-state index contributed by atoms with van der Waals surface area (Å²) in [4.78, 5) is 0. The maximum absolute atomic E-state index is 9.50. The van der Waals surface area contributed by atoms with Crippen LogP contribution in [-0.2, 0) is 14.2 Å². The molecule has 5 heteroatoms. The van der Waals surface area contributed by atoms with Crippen molar-refractivity contribution in [2.45, 2.75) is 32.7 Å². The molecule has 0 fully saturated rings. The first-order chi connectivity index (χ1) is 7.46. The number of ether oxygens (including phenoxy) is 3. The van der Waals surface area contributed by atoms with Crippen molar-refractivity contribution >= 4 is 0 Å². The largest absolute Gasteiger partial charge is 0.393 e. The minimum absolute atomic E-state index is 0.0689. The highest BCUT2D eigenvalue weighted by Gasteiger charge is 2.22. The molecular weight excluding hydrogens is 212 g/mol. The monoisotopic (exact) mass is 236 g/mol. The lowest BCUT2D eigenvalue weighted by atomic mass is 10.1. The Balaban J connectivity index is 3.82. The van der Waals surface area contributed by atoms with Gasteiger partial charge < -0.3 is 24.4 Å². The third-order valence-corrected chi connectivity index (χ3v) is 2.16. The van der Waals surface area contributed by atoms with Crippen molar-refractivity contribution in [3.63, 3.8) is 0 Å². The lowest BCUT2D eigenvalue weighted by Gasteiger charge is -2.25. The van der Waals surface area contributed by atoms with Crippen LogP contribution in [0.4, 0.5) is 0 Å². The van der Waals surface area contributed by atoms with E-state index in [0.29, 0.717) is 13.2 Å². The van der Waals surface area contributed by atoms with Gasteiger partial charge >= 0.3 is 0 Å². The molecule has 0 aliphatic rings. The van der Waals surface area contributed by atoms with Crippen molar-refractivity contribution in [1.82, 2.24) is 0 Å². The van der Waals surface area contributed by atoms with Crippen LogP contribution in [0.25, 0.3) is 0 Å². The maximum Gasteiger partial charge on any atom is 0.161 e. The summed E-state index contributed by atoms with van der Waals surface area (Å²) >= 11 is 0. The molecule has 2 N–H and O–H groups in total. The summed E-state index contributed by atoms with van der Waals surface area (Å²) in [6.07, 6.45) is -0.302. The zero-order valence-electron chi connectivity index (χ0n) is 10.6. The lowest BCUT2D eigenvalue weighted by molar-refractivity contribution is -0.166. The highest BCUT2D eigenvalue weighted by molar-refractivity contribution is 4.70. The fourth-order valence-corrected chi connectivity index (χ4v) is 1.22. The van der Waals surface area contributed by atoms with Crippen LogP contribution < -0.4 is 0 Å². The molecule has 0 rings (SSSR count). The van der Waals surface area contributed by atoms with Crippen LogP contribution in [0.1, 0.15) is 20.8 Å². The van der Waals surface area contributed by atoms with Gasteiger partial charge in [-0.15, -0.1) is 0 Å². The number of hydrogen-bond acceptors (Lipinski definition) is 5. The summed E-state index contributed by atoms with van der Waals surface area (Å²) in [6, 6.07) is 0. The molecule has 0 heterocycles. The maximum atomic E-state index is 9.50. The number of aliphatic hydroxyl groups excluding tert-OH is 1. The molecule has 0 aromatic heterocycles. The van der Waals surface area contributed by atoms with Crippen molar-refractivity contribution in [3.8, 4) is 0 Å². The van der Waals surface area contributed by atoms with Crippen LogP contribution in [-0.4, -0.2) is 55.6 Å². The van der Waals surface area contributed by atoms with Gasteiger partial charge in [0.15, 0.2) is 6.29 Å². The molecule has 0 aromatic carbocycles. The van der Waals surface area contributed by atoms with Gasteiger partial charge in [0.2, 0.25) is 0 Å². The second kappa shape index (κ2) is 7.97. The second-order valence-electron chi connectivity index (χ2n) is 4.21. The Hall–Kier alpha value is -0.200. The summed E-state index contributed by atoms with van der Waals surface area (Å²) < 4.78 is 15.8. The van der Waals surface area contributed by atoms with E-state index in [2.05, 4.69) is 0 Å². The van der Waals surface area contributed by atoms with Gasteiger partial charge in [0.1, 0.15) is 5.60 Å². The Labute approximate surface area is 97.3 Å². The number of rotatable bonds is 9. The minimum Gasteiger partial charge on any atom is -0.393 e. The third kappa shape index (κ3) is 6.40. The molecule has 0 radical (unpaired) electrons. The Morgan fingerprint density at radius 1 is 1.38 bits per heavy atom. The molecule has 0 saturated carbocycles. The molecule has 5 nitrogen and oxygen atoms in total. The van der Waals surface area contributed by atoms with Crippen LogP contribution in [0.5, 0.6) is 0 Å². The SMILES string of the molecule is CCOC(OC)C(C)COCC(C)(O)CO. The topological polar surface area (TPSA) is 68.2 Å². The summed E-state index contributed by atoms with van der Waals surface area (Å²) in [7, 11) is 1.58. The van der Waals surface area contributed by atoms with Crippen molar-refractivity contribution in [3.05, 3.63) is 0 Å². The zero-order valence-corrected chi connectivity index (χ0v) is 10.6. The van der Waals surface area contributed by atoms with E-state index in [0.717, 1.165) is 0 Å². The number of hydrogen-bond donors (Lipinski definition) is 2. The highest BCUT2D eigenvalue weighted by Crippen LogP contribution is 2.10. The molecule has 3 unspecified atom stereocenters. The Morgan fingerprint density at radius 3 is 2.44 bits per heavy atom. The van der Waals surface area contributed by atoms with Crippen molar-refractivity contribution in [2.75, 3.05) is 33.5 Å². The fraction of sp³-hybridized carbons (Fsp3) is 1.00. The number of methoxy groups -OCH3 is 1. The van der Waals surface area contributed by atoms with Gasteiger partial charge in [-0.1, -0.05) is 6.92 Å². The van der Waals surface area contributed by atoms with E-state index in [1.807, 2.05) is 13.8 Å². The Morgan fingerprint density at radius 2 is 2.00 bits per heavy atom. The van der Waals surface area contributed by atoms with E-state index in [1.54, 1.807) is 7.11 Å². The molecular formula is C11H24O5.